The van der Waals surface area contributed by atoms with E-state index in [-0.39, 0.29) is 24.1 Å². The van der Waals surface area contributed by atoms with E-state index in [9.17, 15) is 9.59 Å². The van der Waals surface area contributed by atoms with Crippen molar-refractivity contribution < 1.29 is 19.4 Å². The van der Waals surface area contributed by atoms with Crippen LogP contribution in [-0.4, -0.2) is 41.2 Å². The molecule has 1 aliphatic rings. The van der Waals surface area contributed by atoms with Crippen LogP contribution in [-0.2, 0) is 9.53 Å². The summed E-state index contributed by atoms with van der Waals surface area (Å²) >= 11 is 0. The second-order valence-electron chi connectivity index (χ2n) is 4.76. The largest absolute Gasteiger partial charge is 0.478 e. The average Bonchev–Trinajstić information content (AvgIpc) is 2.71. The van der Waals surface area contributed by atoms with Crippen molar-refractivity contribution in [3.63, 3.8) is 0 Å². The van der Waals surface area contributed by atoms with Gasteiger partial charge in [0.2, 0.25) is 5.91 Å². The fourth-order valence-electron chi connectivity index (χ4n) is 1.82. The van der Waals surface area contributed by atoms with E-state index in [0.29, 0.717) is 12.3 Å². The topological polar surface area (TPSA) is 115 Å². The minimum atomic E-state index is -1.10. The number of aromatic carboxylic acids is 1. The van der Waals surface area contributed by atoms with Gasteiger partial charge >= 0.3 is 5.97 Å². The molecule has 0 aliphatic carbocycles. The number of rotatable bonds is 3. The number of amides is 1. The summed E-state index contributed by atoms with van der Waals surface area (Å²) in [6.45, 7) is 2.29. The highest BCUT2D eigenvalue weighted by Gasteiger charge is 2.44. The number of hydrogen-bond acceptors (Lipinski definition) is 5. The molecule has 0 aromatic carbocycles. The molecule has 2 atom stereocenters. The van der Waals surface area contributed by atoms with Crippen molar-refractivity contribution in [2.24, 2.45) is 11.1 Å². The summed E-state index contributed by atoms with van der Waals surface area (Å²) in [5, 5.41) is 11.5. The first-order valence-electron chi connectivity index (χ1n) is 5.76. The number of carbonyl (C=O) groups is 2. The van der Waals surface area contributed by atoms with Crippen molar-refractivity contribution in [1.82, 2.24) is 4.98 Å². The molecule has 0 spiro atoms. The van der Waals surface area contributed by atoms with E-state index >= 15 is 0 Å². The third-order valence-electron chi connectivity index (χ3n) is 3.28. The fraction of sp³-hybridized carbons (Fsp3) is 0.417. The maximum absolute atomic E-state index is 12.2. The van der Waals surface area contributed by atoms with Gasteiger partial charge in [-0.15, -0.1) is 0 Å². The minimum absolute atomic E-state index is 0.00919. The van der Waals surface area contributed by atoms with Gasteiger partial charge in [0.15, 0.2) is 0 Å². The number of pyridine rings is 1. The number of anilines is 1. The lowest BCUT2D eigenvalue weighted by Gasteiger charge is -2.25. The molecule has 7 heteroatoms. The van der Waals surface area contributed by atoms with Crippen LogP contribution in [0.4, 0.5) is 5.69 Å². The number of nitrogens with one attached hydrogen (secondary N) is 1. The first-order valence-corrected chi connectivity index (χ1v) is 5.76. The highest BCUT2D eigenvalue weighted by Crippen LogP contribution is 2.28. The highest BCUT2D eigenvalue weighted by molar-refractivity contribution is 5.97. The molecule has 19 heavy (non-hydrogen) atoms. The number of ether oxygens (including phenoxy) is 1. The second kappa shape index (κ2) is 4.94. The highest BCUT2D eigenvalue weighted by atomic mass is 16.5. The number of nitrogens with two attached hydrogens (primary N) is 1. The molecule has 1 fully saturated rings. The van der Waals surface area contributed by atoms with E-state index in [2.05, 4.69) is 10.3 Å². The molecule has 2 rings (SSSR count). The maximum Gasteiger partial charge on any atom is 0.337 e. The Morgan fingerprint density at radius 3 is 2.89 bits per heavy atom. The Hall–Kier alpha value is -1.99. The molecular weight excluding hydrogens is 250 g/mol. The Kier molecular flexibility index (Phi) is 3.50. The predicted molar refractivity (Wildman–Crippen MR) is 66.7 cm³/mol. The molecule has 7 nitrogen and oxygen atoms in total. The van der Waals surface area contributed by atoms with E-state index in [0.717, 1.165) is 0 Å². The predicted octanol–water partition coefficient (Wildman–Crippen LogP) is 0.0821. The van der Waals surface area contributed by atoms with Crippen molar-refractivity contribution >= 4 is 17.6 Å². The zero-order valence-corrected chi connectivity index (χ0v) is 10.4. The summed E-state index contributed by atoms with van der Waals surface area (Å²) < 4.78 is 5.20. The zero-order valence-electron chi connectivity index (χ0n) is 10.4. The van der Waals surface area contributed by atoms with E-state index in [4.69, 9.17) is 15.6 Å². The van der Waals surface area contributed by atoms with Crippen LogP contribution in [0.5, 0.6) is 0 Å². The monoisotopic (exact) mass is 265 g/mol. The smallest absolute Gasteiger partial charge is 0.337 e. The molecule has 1 aromatic heterocycles. The van der Waals surface area contributed by atoms with Gasteiger partial charge in [-0.3, -0.25) is 9.78 Å². The standard InChI is InChI=1S/C12H15N3O4/c1-12(6-19-5-9(12)13)11(18)15-8-2-7(10(16)17)3-14-4-8/h2-4,9H,5-6,13H2,1H3,(H,15,18)(H,16,17). The van der Waals surface area contributed by atoms with Crippen molar-refractivity contribution in [3.05, 3.63) is 24.0 Å². The second-order valence-corrected chi connectivity index (χ2v) is 4.76. The van der Waals surface area contributed by atoms with Gasteiger partial charge in [0.05, 0.1) is 36.1 Å². The molecule has 2 unspecified atom stereocenters. The third kappa shape index (κ3) is 2.56. The molecule has 1 amide bonds. The lowest BCUT2D eigenvalue weighted by molar-refractivity contribution is -0.125. The first-order chi connectivity index (χ1) is 8.93. The van der Waals surface area contributed by atoms with Gasteiger partial charge < -0.3 is 20.9 Å². The lowest BCUT2D eigenvalue weighted by Crippen LogP contribution is -2.47. The Balaban J connectivity index is 2.15. The summed E-state index contributed by atoms with van der Waals surface area (Å²) in [7, 11) is 0. The molecule has 0 saturated carbocycles. The van der Waals surface area contributed by atoms with E-state index in [1.165, 1.54) is 18.5 Å². The molecule has 1 saturated heterocycles. The molecule has 0 bridgehead atoms. The van der Waals surface area contributed by atoms with Crippen LogP contribution in [0.1, 0.15) is 17.3 Å². The maximum atomic E-state index is 12.2. The van der Waals surface area contributed by atoms with Gasteiger partial charge in [0.1, 0.15) is 0 Å². The molecular formula is C12H15N3O4. The van der Waals surface area contributed by atoms with Crippen LogP contribution < -0.4 is 11.1 Å². The Labute approximate surface area is 109 Å². The van der Waals surface area contributed by atoms with Gasteiger partial charge in [0, 0.05) is 12.2 Å². The number of carboxylic acid groups (broad SMARTS) is 1. The number of carbonyl (C=O) groups excluding carboxylic acids is 1. The Morgan fingerprint density at radius 2 is 2.32 bits per heavy atom. The van der Waals surface area contributed by atoms with Crippen LogP contribution in [0.2, 0.25) is 0 Å². The zero-order chi connectivity index (χ0) is 14.0. The Bertz CT molecular complexity index is 519. The van der Waals surface area contributed by atoms with Crippen molar-refractivity contribution in [3.8, 4) is 0 Å². The fourth-order valence-corrected chi connectivity index (χ4v) is 1.82. The quantitative estimate of drug-likeness (QED) is 0.713. The molecule has 4 N–H and O–H groups in total. The molecule has 2 heterocycles. The average molecular weight is 265 g/mol. The van der Waals surface area contributed by atoms with Crippen LogP contribution in [0, 0.1) is 5.41 Å². The molecule has 102 valence electrons. The summed E-state index contributed by atoms with van der Waals surface area (Å²) in [6.07, 6.45) is 2.60. The lowest BCUT2D eigenvalue weighted by atomic mass is 9.85. The molecule has 1 aliphatic heterocycles. The number of nitrogens with zero attached hydrogens (tertiary/aromatic N) is 1. The minimum Gasteiger partial charge on any atom is -0.478 e. The van der Waals surface area contributed by atoms with Crippen molar-refractivity contribution in [1.29, 1.82) is 0 Å². The summed E-state index contributed by atoms with van der Waals surface area (Å²) in [5.74, 6) is -1.41. The van der Waals surface area contributed by atoms with Gasteiger partial charge in [0.25, 0.3) is 0 Å². The van der Waals surface area contributed by atoms with Crippen LogP contribution in [0.25, 0.3) is 0 Å². The Morgan fingerprint density at radius 1 is 1.58 bits per heavy atom. The van der Waals surface area contributed by atoms with Crippen LogP contribution >= 0.6 is 0 Å². The number of carboxylic acids is 1. The first kappa shape index (κ1) is 13.4. The van der Waals surface area contributed by atoms with Gasteiger partial charge in [-0.2, -0.15) is 0 Å². The van der Waals surface area contributed by atoms with Crippen LogP contribution in [0.15, 0.2) is 18.5 Å². The van der Waals surface area contributed by atoms with Gasteiger partial charge in [-0.1, -0.05) is 0 Å². The van der Waals surface area contributed by atoms with E-state index < -0.39 is 11.4 Å². The van der Waals surface area contributed by atoms with E-state index in [1.807, 2.05) is 0 Å². The summed E-state index contributed by atoms with van der Waals surface area (Å²) in [6, 6.07) is 0.959. The van der Waals surface area contributed by atoms with E-state index in [1.54, 1.807) is 6.92 Å². The van der Waals surface area contributed by atoms with Crippen molar-refractivity contribution in [2.75, 3.05) is 18.5 Å². The third-order valence-corrected chi connectivity index (χ3v) is 3.28. The number of hydrogen-bond donors (Lipinski definition) is 3. The van der Waals surface area contributed by atoms with Crippen LogP contribution in [0.3, 0.4) is 0 Å². The SMILES string of the molecule is CC1(C(=O)Nc2cncc(C(=O)O)c2)COCC1N. The summed E-state index contributed by atoms with van der Waals surface area (Å²) in [4.78, 5) is 26.8. The van der Waals surface area contributed by atoms with Crippen molar-refractivity contribution in [2.45, 2.75) is 13.0 Å². The normalized spacial score (nSPS) is 26.1. The molecule has 0 radical (unpaired) electrons. The molecule has 1 aromatic rings. The van der Waals surface area contributed by atoms with Gasteiger partial charge in [-0.25, -0.2) is 4.79 Å². The van der Waals surface area contributed by atoms with Gasteiger partial charge in [-0.05, 0) is 13.0 Å². The number of aromatic nitrogens is 1. The summed E-state index contributed by atoms with van der Waals surface area (Å²) in [5.41, 5.74) is 5.36.